The lowest BCUT2D eigenvalue weighted by Gasteiger charge is -2.14. The summed E-state index contributed by atoms with van der Waals surface area (Å²) in [7, 11) is 2.09. The molecule has 2 aliphatic rings. The van der Waals surface area contributed by atoms with Crippen LogP contribution in [0, 0.1) is 5.92 Å². The van der Waals surface area contributed by atoms with Crippen LogP contribution in [0.5, 0.6) is 0 Å². The summed E-state index contributed by atoms with van der Waals surface area (Å²) in [5.74, 6) is -0.353. The first-order chi connectivity index (χ1) is 7.15. The van der Waals surface area contributed by atoms with Gasteiger partial charge in [-0.05, 0) is 25.9 Å². The normalized spacial score (nSPS) is 37.3. The van der Waals surface area contributed by atoms with E-state index >= 15 is 0 Å². The molecule has 5 nitrogen and oxygen atoms in total. The van der Waals surface area contributed by atoms with Gasteiger partial charge in [-0.2, -0.15) is 0 Å². The number of carboxylic acid groups (broad SMARTS) is 1. The Morgan fingerprint density at radius 3 is 2.93 bits per heavy atom. The zero-order valence-electron chi connectivity index (χ0n) is 8.89. The molecule has 2 fully saturated rings. The van der Waals surface area contributed by atoms with E-state index in [1.54, 1.807) is 0 Å². The number of ether oxygens (including phenoxy) is 2. The minimum Gasteiger partial charge on any atom is -0.479 e. The maximum atomic E-state index is 10.6. The predicted octanol–water partition coefficient (Wildman–Crippen LogP) is 0.154. The van der Waals surface area contributed by atoms with Crippen molar-refractivity contribution in [1.82, 2.24) is 4.90 Å². The minimum atomic E-state index is -0.930. The summed E-state index contributed by atoms with van der Waals surface area (Å²) in [5, 5.41) is 8.72. The van der Waals surface area contributed by atoms with Crippen molar-refractivity contribution in [3.05, 3.63) is 0 Å². The molecular weight excluding hydrogens is 198 g/mol. The molecule has 0 radical (unpaired) electrons. The van der Waals surface area contributed by atoms with Gasteiger partial charge in [-0.1, -0.05) is 0 Å². The van der Waals surface area contributed by atoms with Gasteiger partial charge in [-0.15, -0.1) is 0 Å². The van der Waals surface area contributed by atoms with Gasteiger partial charge in [0, 0.05) is 13.0 Å². The molecule has 0 aromatic rings. The van der Waals surface area contributed by atoms with Crippen LogP contribution in [0.1, 0.15) is 12.8 Å². The second-order valence-electron chi connectivity index (χ2n) is 4.38. The van der Waals surface area contributed by atoms with Crippen LogP contribution in [-0.4, -0.2) is 55.1 Å². The monoisotopic (exact) mass is 215 g/mol. The van der Waals surface area contributed by atoms with E-state index in [2.05, 4.69) is 11.9 Å². The van der Waals surface area contributed by atoms with Crippen LogP contribution in [0.4, 0.5) is 0 Å². The standard InChI is InChI=1S/C10H17NO4/c1-11-3-2-7(5-11)4-9-14-6-8(15-9)10(12)13/h7-9H,2-6H2,1H3,(H,12,13). The molecule has 0 bridgehead atoms. The molecule has 3 atom stereocenters. The number of carbonyl (C=O) groups is 1. The Morgan fingerprint density at radius 2 is 2.40 bits per heavy atom. The van der Waals surface area contributed by atoms with Crippen LogP contribution in [-0.2, 0) is 14.3 Å². The molecule has 0 aliphatic carbocycles. The van der Waals surface area contributed by atoms with Crippen molar-refractivity contribution in [3.63, 3.8) is 0 Å². The van der Waals surface area contributed by atoms with Gasteiger partial charge in [0.2, 0.25) is 0 Å². The van der Waals surface area contributed by atoms with Crippen molar-refractivity contribution < 1.29 is 19.4 Å². The van der Waals surface area contributed by atoms with Gasteiger partial charge < -0.3 is 19.5 Å². The Bertz CT molecular complexity index is 246. The first-order valence-electron chi connectivity index (χ1n) is 5.33. The lowest BCUT2D eigenvalue weighted by atomic mass is 10.1. The highest BCUT2D eigenvalue weighted by Gasteiger charge is 2.33. The van der Waals surface area contributed by atoms with E-state index in [0.29, 0.717) is 5.92 Å². The maximum absolute atomic E-state index is 10.6. The quantitative estimate of drug-likeness (QED) is 0.726. The number of likely N-dealkylation sites (tertiary alicyclic amines) is 1. The van der Waals surface area contributed by atoms with Gasteiger partial charge in [0.15, 0.2) is 12.4 Å². The van der Waals surface area contributed by atoms with E-state index in [1.807, 2.05) is 0 Å². The predicted molar refractivity (Wildman–Crippen MR) is 52.5 cm³/mol. The topological polar surface area (TPSA) is 59.0 Å². The Hall–Kier alpha value is -0.650. The van der Waals surface area contributed by atoms with Crippen LogP contribution in [0.3, 0.4) is 0 Å². The summed E-state index contributed by atoms with van der Waals surface area (Å²) in [6, 6.07) is 0. The molecule has 2 saturated heterocycles. The third-order valence-electron chi connectivity index (χ3n) is 3.04. The highest BCUT2D eigenvalue weighted by Crippen LogP contribution is 2.24. The molecule has 1 N–H and O–H groups in total. The van der Waals surface area contributed by atoms with E-state index in [4.69, 9.17) is 14.6 Å². The van der Waals surface area contributed by atoms with Gasteiger partial charge in [-0.25, -0.2) is 4.79 Å². The fourth-order valence-corrected chi connectivity index (χ4v) is 2.20. The number of nitrogens with zero attached hydrogens (tertiary/aromatic N) is 1. The SMILES string of the molecule is CN1CCC(CC2OCC(C(=O)O)O2)C1. The van der Waals surface area contributed by atoms with Crippen molar-refractivity contribution >= 4 is 5.97 Å². The van der Waals surface area contributed by atoms with E-state index in [0.717, 1.165) is 25.9 Å². The average molecular weight is 215 g/mol. The zero-order valence-corrected chi connectivity index (χ0v) is 8.89. The van der Waals surface area contributed by atoms with Crippen molar-refractivity contribution in [1.29, 1.82) is 0 Å². The van der Waals surface area contributed by atoms with E-state index in [1.165, 1.54) is 0 Å². The van der Waals surface area contributed by atoms with Crippen LogP contribution in [0.2, 0.25) is 0 Å². The zero-order chi connectivity index (χ0) is 10.8. The first-order valence-corrected chi connectivity index (χ1v) is 5.33. The molecule has 15 heavy (non-hydrogen) atoms. The number of hydrogen-bond donors (Lipinski definition) is 1. The summed E-state index contributed by atoms with van der Waals surface area (Å²) < 4.78 is 10.6. The molecule has 0 aromatic heterocycles. The van der Waals surface area contributed by atoms with E-state index in [-0.39, 0.29) is 12.9 Å². The molecule has 0 amide bonds. The Kier molecular flexibility index (Phi) is 3.23. The first kappa shape index (κ1) is 10.9. The van der Waals surface area contributed by atoms with Crippen LogP contribution >= 0.6 is 0 Å². The lowest BCUT2D eigenvalue weighted by molar-refractivity contribution is -0.151. The molecular formula is C10H17NO4. The third kappa shape index (κ3) is 2.68. The maximum Gasteiger partial charge on any atom is 0.335 e. The molecule has 2 rings (SSSR count). The smallest absolute Gasteiger partial charge is 0.335 e. The second-order valence-corrected chi connectivity index (χ2v) is 4.38. The average Bonchev–Trinajstić information content (AvgIpc) is 2.76. The van der Waals surface area contributed by atoms with Crippen molar-refractivity contribution in [2.45, 2.75) is 25.2 Å². The Labute approximate surface area is 89.0 Å². The van der Waals surface area contributed by atoms with Crippen LogP contribution in [0.15, 0.2) is 0 Å². The number of carboxylic acids is 1. The second kappa shape index (κ2) is 4.47. The van der Waals surface area contributed by atoms with Crippen LogP contribution < -0.4 is 0 Å². The Morgan fingerprint density at radius 1 is 1.60 bits per heavy atom. The lowest BCUT2D eigenvalue weighted by Crippen LogP contribution is -2.24. The minimum absolute atomic E-state index is 0.183. The molecule has 2 heterocycles. The third-order valence-corrected chi connectivity index (χ3v) is 3.04. The van der Waals surface area contributed by atoms with Gasteiger partial charge >= 0.3 is 5.97 Å². The molecule has 0 aromatic carbocycles. The summed E-state index contributed by atoms with van der Waals surface area (Å²) in [4.78, 5) is 12.9. The number of rotatable bonds is 3. The van der Waals surface area contributed by atoms with Crippen molar-refractivity contribution in [2.75, 3.05) is 26.7 Å². The van der Waals surface area contributed by atoms with E-state index < -0.39 is 12.1 Å². The summed E-state index contributed by atoms with van der Waals surface area (Å²) in [6.07, 6.45) is 0.878. The highest BCUT2D eigenvalue weighted by atomic mass is 16.7. The highest BCUT2D eigenvalue weighted by molar-refractivity contribution is 5.72. The molecule has 0 spiro atoms. The summed E-state index contributed by atoms with van der Waals surface area (Å²) >= 11 is 0. The molecule has 0 saturated carbocycles. The van der Waals surface area contributed by atoms with Gasteiger partial charge in [-0.3, -0.25) is 0 Å². The molecule has 86 valence electrons. The van der Waals surface area contributed by atoms with E-state index in [9.17, 15) is 4.79 Å². The summed E-state index contributed by atoms with van der Waals surface area (Å²) in [5.41, 5.74) is 0. The van der Waals surface area contributed by atoms with Gasteiger partial charge in [0.25, 0.3) is 0 Å². The van der Waals surface area contributed by atoms with Crippen molar-refractivity contribution in [3.8, 4) is 0 Å². The Balaban J connectivity index is 1.75. The number of hydrogen-bond acceptors (Lipinski definition) is 4. The molecule has 5 heteroatoms. The largest absolute Gasteiger partial charge is 0.479 e. The van der Waals surface area contributed by atoms with Crippen LogP contribution in [0.25, 0.3) is 0 Å². The van der Waals surface area contributed by atoms with Gasteiger partial charge in [0.05, 0.1) is 6.61 Å². The molecule has 2 aliphatic heterocycles. The fourth-order valence-electron chi connectivity index (χ4n) is 2.20. The fraction of sp³-hybridized carbons (Fsp3) is 0.900. The number of aliphatic carboxylic acids is 1. The molecule has 3 unspecified atom stereocenters. The summed E-state index contributed by atoms with van der Waals surface area (Å²) in [6.45, 7) is 2.35. The van der Waals surface area contributed by atoms with Gasteiger partial charge in [0.1, 0.15) is 0 Å². The van der Waals surface area contributed by atoms with Crippen molar-refractivity contribution in [2.24, 2.45) is 5.92 Å².